The van der Waals surface area contributed by atoms with Crippen LogP contribution in [-0.2, 0) is 9.59 Å². The molecular weight excluding hydrogens is 408 g/mol. The summed E-state index contributed by atoms with van der Waals surface area (Å²) in [6.45, 7) is 0. The summed E-state index contributed by atoms with van der Waals surface area (Å²) in [6, 6.07) is 9.50. The van der Waals surface area contributed by atoms with Crippen molar-refractivity contribution in [3.63, 3.8) is 0 Å². The Morgan fingerprint density at radius 2 is 0.938 bits per heavy atom. The normalized spacial score (nSPS) is 21.1. The van der Waals surface area contributed by atoms with Gasteiger partial charge in [0.1, 0.15) is 0 Å². The fraction of sp³-hybridized carbons (Fsp3) is 0.0833. The topological polar surface area (TPSA) is 101 Å². The summed E-state index contributed by atoms with van der Waals surface area (Å²) in [4.78, 5) is 63.4. The van der Waals surface area contributed by atoms with Gasteiger partial charge in [0.15, 0.2) is 0 Å². The van der Waals surface area contributed by atoms with Gasteiger partial charge in [0.25, 0.3) is 11.8 Å². The molecule has 154 valence electrons. The second-order valence-corrected chi connectivity index (χ2v) is 7.70. The highest BCUT2D eigenvalue weighted by Crippen LogP contribution is 2.46. The van der Waals surface area contributed by atoms with Crippen LogP contribution < -0.4 is 9.80 Å². The van der Waals surface area contributed by atoms with E-state index in [1.54, 1.807) is 48.6 Å². The standard InChI is InChI=1S/C24H14N4O4/c29-21-15-1-2-16-20-18(24(32)28(22(16)30)14-7-11-26-12-8-14)4-3-17(19(15)20)23(31)27(21)13-5-9-25-10-6-13/h1-12,15-16H. The number of rotatable bonds is 2. The number of imide groups is 2. The average molecular weight is 422 g/mol. The lowest BCUT2D eigenvalue weighted by molar-refractivity contribution is -0.120. The lowest BCUT2D eigenvalue weighted by atomic mass is 9.72. The van der Waals surface area contributed by atoms with Crippen molar-refractivity contribution in [1.82, 2.24) is 9.97 Å². The van der Waals surface area contributed by atoms with Crippen LogP contribution in [0, 0.1) is 0 Å². The zero-order valence-corrected chi connectivity index (χ0v) is 16.5. The Morgan fingerprint density at radius 1 is 0.562 bits per heavy atom. The maximum Gasteiger partial charge on any atom is 0.265 e. The molecule has 3 aliphatic rings. The van der Waals surface area contributed by atoms with E-state index in [9.17, 15) is 19.2 Å². The molecule has 2 aromatic heterocycles. The van der Waals surface area contributed by atoms with Gasteiger partial charge in [-0.3, -0.25) is 29.1 Å². The molecule has 4 heterocycles. The number of pyridine rings is 2. The Balaban J connectivity index is 1.54. The number of benzene rings is 1. The van der Waals surface area contributed by atoms with Crippen molar-refractivity contribution in [2.45, 2.75) is 11.8 Å². The predicted molar refractivity (Wildman–Crippen MR) is 113 cm³/mol. The van der Waals surface area contributed by atoms with Gasteiger partial charge in [0.2, 0.25) is 11.8 Å². The molecule has 1 aromatic carbocycles. The fourth-order valence-electron chi connectivity index (χ4n) is 4.70. The number of hydrogen-bond acceptors (Lipinski definition) is 6. The van der Waals surface area contributed by atoms with E-state index in [-0.39, 0.29) is 0 Å². The number of nitrogens with zero attached hydrogens (tertiary/aromatic N) is 4. The predicted octanol–water partition coefficient (Wildman–Crippen LogP) is 2.59. The van der Waals surface area contributed by atoms with Crippen LogP contribution >= 0.6 is 0 Å². The molecule has 0 spiro atoms. The van der Waals surface area contributed by atoms with Crippen molar-refractivity contribution < 1.29 is 19.2 Å². The summed E-state index contributed by atoms with van der Waals surface area (Å²) in [5.41, 5.74) is 2.38. The number of amides is 4. The monoisotopic (exact) mass is 422 g/mol. The second-order valence-electron chi connectivity index (χ2n) is 7.70. The highest BCUT2D eigenvalue weighted by molar-refractivity contribution is 6.30. The van der Waals surface area contributed by atoms with Crippen molar-refractivity contribution in [2.24, 2.45) is 0 Å². The van der Waals surface area contributed by atoms with E-state index in [4.69, 9.17) is 0 Å². The third kappa shape index (κ3) is 2.31. The summed E-state index contributed by atoms with van der Waals surface area (Å²) in [6.07, 6.45) is 9.35. The third-order valence-corrected chi connectivity index (χ3v) is 6.09. The number of carbonyl (C=O) groups is 4. The highest BCUT2D eigenvalue weighted by atomic mass is 16.2. The Kier molecular flexibility index (Phi) is 3.73. The Labute approximate surface area is 181 Å². The van der Waals surface area contributed by atoms with Gasteiger partial charge in [-0.15, -0.1) is 0 Å². The molecule has 0 fully saturated rings. The molecule has 2 aliphatic heterocycles. The minimum Gasteiger partial charge on any atom is -0.273 e. The molecule has 8 nitrogen and oxygen atoms in total. The summed E-state index contributed by atoms with van der Waals surface area (Å²) in [5, 5.41) is 0. The van der Waals surface area contributed by atoms with Crippen LogP contribution in [0.25, 0.3) is 0 Å². The van der Waals surface area contributed by atoms with Gasteiger partial charge in [-0.1, -0.05) is 12.2 Å². The fourth-order valence-corrected chi connectivity index (χ4v) is 4.70. The van der Waals surface area contributed by atoms with E-state index < -0.39 is 35.5 Å². The third-order valence-electron chi connectivity index (χ3n) is 6.09. The maximum absolute atomic E-state index is 13.3. The SMILES string of the molecule is O=C1c2ccc3c4c2C(C=CC4C(=O)N(c2ccncc2)C3=O)C(=O)N1c1ccncc1. The van der Waals surface area contributed by atoms with E-state index in [1.165, 1.54) is 24.8 Å². The number of aromatic nitrogens is 2. The largest absolute Gasteiger partial charge is 0.273 e. The van der Waals surface area contributed by atoms with Gasteiger partial charge in [0.05, 0.1) is 23.2 Å². The van der Waals surface area contributed by atoms with Gasteiger partial charge in [-0.25, -0.2) is 9.80 Å². The molecule has 3 aromatic rings. The van der Waals surface area contributed by atoms with Crippen molar-refractivity contribution in [3.05, 3.63) is 95.6 Å². The lowest BCUT2D eigenvalue weighted by Gasteiger charge is -2.40. The number of carbonyl (C=O) groups excluding carboxylic acids is 4. The van der Waals surface area contributed by atoms with E-state index >= 15 is 0 Å². The first-order valence-electron chi connectivity index (χ1n) is 9.99. The molecule has 6 rings (SSSR count). The quantitative estimate of drug-likeness (QED) is 0.465. The summed E-state index contributed by atoms with van der Waals surface area (Å²) in [7, 11) is 0. The number of hydrogen-bond donors (Lipinski definition) is 0. The Hall–Kier alpha value is -4.46. The molecular formula is C24H14N4O4. The minimum absolute atomic E-state index is 0.317. The van der Waals surface area contributed by atoms with Gasteiger partial charge in [0, 0.05) is 35.9 Å². The average Bonchev–Trinajstić information content (AvgIpc) is 2.83. The molecule has 2 atom stereocenters. The van der Waals surface area contributed by atoms with E-state index in [0.29, 0.717) is 33.6 Å². The molecule has 0 radical (unpaired) electrons. The van der Waals surface area contributed by atoms with Crippen LogP contribution in [0.5, 0.6) is 0 Å². The first kappa shape index (κ1) is 18.3. The van der Waals surface area contributed by atoms with E-state index in [2.05, 4.69) is 9.97 Å². The minimum atomic E-state index is -0.754. The molecule has 32 heavy (non-hydrogen) atoms. The first-order chi connectivity index (χ1) is 15.6. The zero-order valence-electron chi connectivity index (χ0n) is 16.5. The highest BCUT2D eigenvalue weighted by Gasteiger charge is 2.48. The number of anilines is 2. The lowest BCUT2D eigenvalue weighted by Crippen LogP contribution is -2.50. The van der Waals surface area contributed by atoms with Crippen molar-refractivity contribution in [1.29, 1.82) is 0 Å². The summed E-state index contributed by atoms with van der Waals surface area (Å²) in [5.74, 6) is -3.33. The molecule has 0 bridgehead atoms. The van der Waals surface area contributed by atoms with Gasteiger partial charge in [-0.2, -0.15) is 0 Å². The second kappa shape index (κ2) is 6.52. The molecule has 2 unspecified atom stereocenters. The smallest absolute Gasteiger partial charge is 0.265 e. The van der Waals surface area contributed by atoms with Crippen LogP contribution in [0.1, 0.15) is 43.7 Å². The van der Waals surface area contributed by atoms with Crippen LogP contribution in [0.15, 0.2) is 73.3 Å². The molecule has 0 saturated carbocycles. The summed E-state index contributed by atoms with van der Waals surface area (Å²) < 4.78 is 0. The zero-order chi connectivity index (χ0) is 22.0. The molecule has 4 amide bonds. The van der Waals surface area contributed by atoms with Crippen molar-refractivity contribution in [2.75, 3.05) is 9.80 Å². The molecule has 0 N–H and O–H groups in total. The van der Waals surface area contributed by atoms with Crippen LogP contribution in [0.4, 0.5) is 11.4 Å². The molecule has 0 saturated heterocycles. The Morgan fingerprint density at radius 3 is 1.31 bits per heavy atom. The molecule has 8 heteroatoms. The van der Waals surface area contributed by atoms with Crippen molar-refractivity contribution in [3.8, 4) is 0 Å². The van der Waals surface area contributed by atoms with Gasteiger partial charge >= 0.3 is 0 Å². The van der Waals surface area contributed by atoms with Gasteiger partial charge in [-0.05, 0) is 47.5 Å². The van der Waals surface area contributed by atoms with Crippen LogP contribution in [0.2, 0.25) is 0 Å². The van der Waals surface area contributed by atoms with E-state index in [0.717, 1.165) is 9.80 Å². The van der Waals surface area contributed by atoms with Crippen molar-refractivity contribution >= 4 is 35.0 Å². The van der Waals surface area contributed by atoms with Crippen LogP contribution in [-0.4, -0.2) is 33.6 Å². The molecule has 1 aliphatic carbocycles. The van der Waals surface area contributed by atoms with E-state index in [1.807, 2.05) is 0 Å². The Bertz CT molecular complexity index is 1260. The van der Waals surface area contributed by atoms with Crippen LogP contribution in [0.3, 0.4) is 0 Å². The summed E-state index contributed by atoms with van der Waals surface area (Å²) >= 11 is 0. The maximum atomic E-state index is 13.3. The van der Waals surface area contributed by atoms with Gasteiger partial charge < -0.3 is 0 Å². The first-order valence-corrected chi connectivity index (χ1v) is 9.99.